The van der Waals surface area contributed by atoms with Crippen LogP contribution in [0.1, 0.15) is 12.0 Å². The number of hydrogen-bond acceptors (Lipinski definition) is 4. The van der Waals surface area contributed by atoms with Crippen molar-refractivity contribution in [3.8, 4) is 11.5 Å². The van der Waals surface area contributed by atoms with Crippen molar-refractivity contribution >= 4 is 17.3 Å². The summed E-state index contributed by atoms with van der Waals surface area (Å²) in [5, 5.41) is 5.95. The van der Waals surface area contributed by atoms with Crippen molar-refractivity contribution in [3.05, 3.63) is 84.4 Å². The van der Waals surface area contributed by atoms with Gasteiger partial charge >= 0.3 is 0 Å². The zero-order chi connectivity index (χ0) is 20.3. The third-order valence-electron chi connectivity index (χ3n) is 4.40. The van der Waals surface area contributed by atoms with Crippen LogP contribution in [0.5, 0.6) is 11.5 Å². The van der Waals surface area contributed by atoms with Crippen molar-refractivity contribution in [3.63, 3.8) is 0 Å². The molecule has 0 aliphatic rings. The Morgan fingerprint density at radius 2 is 1.48 bits per heavy atom. The molecule has 0 bridgehead atoms. The van der Waals surface area contributed by atoms with Crippen LogP contribution in [0.4, 0.5) is 11.4 Å². The highest BCUT2D eigenvalue weighted by Gasteiger charge is 2.03. The monoisotopic (exact) mass is 390 g/mol. The van der Waals surface area contributed by atoms with E-state index in [1.807, 2.05) is 42.5 Å². The molecular weight excluding hydrogens is 364 g/mol. The Kier molecular flexibility index (Phi) is 7.52. The van der Waals surface area contributed by atoms with Crippen molar-refractivity contribution in [2.45, 2.75) is 12.8 Å². The van der Waals surface area contributed by atoms with Crippen molar-refractivity contribution < 1.29 is 14.3 Å². The molecule has 0 atom stereocenters. The summed E-state index contributed by atoms with van der Waals surface area (Å²) in [6, 6.07) is 25.3. The molecule has 150 valence electrons. The number of amides is 1. The molecule has 0 saturated heterocycles. The highest BCUT2D eigenvalue weighted by molar-refractivity contribution is 5.93. The summed E-state index contributed by atoms with van der Waals surface area (Å²) in [6.07, 6.45) is 1.97. The molecular formula is C24H26N2O3. The fourth-order valence-electron chi connectivity index (χ4n) is 2.84. The van der Waals surface area contributed by atoms with E-state index < -0.39 is 0 Å². The number of hydrogen-bond donors (Lipinski definition) is 2. The average molecular weight is 390 g/mol. The van der Waals surface area contributed by atoms with Crippen LogP contribution < -0.4 is 20.1 Å². The van der Waals surface area contributed by atoms with Crippen molar-refractivity contribution in [1.29, 1.82) is 0 Å². The van der Waals surface area contributed by atoms with E-state index in [4.69, 9.17) is 9.47 Å². The van der Waals surface area contributed by atoms with Gasteiger partial charge in [-0.05, 0) is 66.9 Å². The van der Waals surface area contributed by atoms with Gasteiger partial charge < -0.3 is 20.1 Å². The lowest BCUT2D eigenvalue weighted by atomic mass is 10.1. The zero-order valence-electron chi connectivity index (χ0n) is 16.6. The number of nitrogens with one attached hydrogen (secondary N) is 2. The molecule has 0 fully saturated rings. The van der Waals surface area contributed by atoms with Gasteiger partial charge in [-0.2, -0.15) is 0 Å². The molecule has 0 spiro atoms. The first-order valence-electron chi connectivity index (χ1n) is 9.67. The number of ether oxygens (including phenoxy) is 2. The Morgan fingerprint density at radius 1 is 0.828 bits per heavy atom. The van der Waals surface area contributed by atoms with Crippen LogP contribution >= 0.6 is 0 Å². The Hall–Kier alpha value is -3.47. The second-order valence-electron chi connectivity index (χ2n) is 6.59. The van der Waals surface area contributed by atoms with E-state index in [0.717, 1.165) is 35.7 Å². The number of anilines is 2. The smallest absolute Gasteiger partial charge is 0.243 e. The van der Waals surface area contributed by atoms with E-state index in [0.29, 0.717) is 6.61 Å². The fraction of sp³-hybridized carbons (Fsp3) is 0.208. The first kappa shape index (κ1) is 20.3. The number of benzene rings is 3. The van der Waals surface area contributed by atoms with Crippen molar-refractivity contribution in [2.75, 3.05) is 30.9 Å². The molecule has 0 heterocycles. The molecule has 0 aromatic heterocycles. The SMILES string of the molecule is COc1ccc(NC(=O)CNc2ccc(OCCCc3ccccc3)cc2)cc1. The van der Waals surface area contributed by atoms with E-state index in [-0.39, 0.29) is 12.5 Å². The fourth-order valence-corrected chi connectivity index (χ4v) is 2.84. The zero-order valence-corrected chi connectivity index (χ0v) is 16.6. The third-order valence-corrected chi connectivity index (χ3v) is 4.40. The summed E-state index contributed by atoms with van der Waals surface area (Å²) in [5.74, 6) is 1.46. The molecule has 0 saturated carbocycles. The first-order chi connectivity index (χ1) is 14.2. The van der Waals surface area contributed by atoms with E-state index >= 15 is 0 Å². The summed E-state index contributed by atoms with van der Waals surface area (Å²) in [4.78, 5) is 12.1. The minimum atomic E-state index is -0.114. The molecule has 2 N–H and O–H groups in total. The number of carbonyl (C=O) groups is 1. The van der Waals surface area contributed by atoms with E-state index in [9.17, 15) is 4.79 Å². The van der Waals surface area contributed by atoms with Crippen LogP contribution in [0, 0.1) is 0 Å². The van der Waals surface area contributed by atoms with Gasteiger partial charge in [0.25, 0.3) is 0 Å². The number of aryl methyl sites for hydroxylation is 1. The highest BCUT2D eigenvalue weighted by Crippen LogP contribution is 2.17. The predicted molar refractivity (Wildman–Crippen MR) is 117 cm³/mol. The topological polar surface area (TPSA) is 59.6 Å². The normalized spacial score (nSPS) is 10.2. The maximum Gasteiger partial charge on any atom is 0.243 e. The summed E-state index contributed by atoms with van der Waals surface area (Å²) >= 11 is 0. The first-order valence-corrected chi connectivity index (χ1v) is 9.67. The van der Waals surface area contributed by atoms with Crippen LogP contribution in [0.3, 0.4) is 0 Å². The molecule has 3 aromatic carbocycles. The molecule has 1 amide bonds. The summed E-state index contributed by atoms with van der Waals surface area (Å²) < 4.78 is 10.9. The van der Waals surface area contributed by atoms with Crippen molar-refractivity contribution in [2.24, 2.45) is 0 Å². The lowest BCUT2D eigenvalue weighted by molar-refractivity contribution is -0.114. The molecule has 5 heteroatoms. The summed E-state index contributed by atoms with van der Waals surface area (Å²) in [5.41, 5.74) is 2.92. The van der Waals surface area contributed by atoms with Crippen LogP contribution in [-0.4, -0.2) is 26.2 Å². The third kappa shape index (κ3) is 6.88. The maximum atomic E-state index is 12.1. The highest BCUT2D eigenvalue weighted by atomic mass is 16.5. The second kappa shape index (κ2) is 10.8. The molecule has 3 aromatic rings. The molecule has 0 aliphatic carbocycles. The van der Waals surface area contributed by atoms with Gasteiger partial charge in [0.1, 0.15) is 11.5 Å². The molecule has 0 unspecified atom stereocenters. The van der Waals surface area contributed by atoms with Gasteiger partial charge in [-0.1, -0.05) is 30.3 Å². The number of rotatable bonds is 10. The van der Waals surface area contributed by atoms with E-state index in [1.165, 1.54) is 5.56 Å². The lowest BCUT2D eigenvalue weighted by Crippen LogP contribution is -2.21. The molecule has 29 heavy (non-hydrogen) atoms. The average Bonchev–Trinajstić information content (AvgIpc) is 2.77. The van der Waals surface area contributed by atoms with Gasteiger partial charge in [-0.3, -0.25) is 4.79 Å². The standard InChI is InChI=1S/C24H26N2O3/c1-28-22-13-11-21(12-14-22)26-24(27)18-25-20-9-15-23(16-10-20)29-17-5-8-19-6-3-2-4-7-19/h2-4,6-7,9-16,25H,5,8,17-18H2,1H3,(H,26,27). The van der Waals surface area contributed by atoms with Crippen LogP contribution in [0.15, 0.2) is 78.9 Å². The molecule has 3 rings (SSSR count). The largest absolute Gasteiger partial charge is 0.497 e. The van der Waals surface area contributed by atoms with E-state index in [2.05, 4.69) is 34.9 Å². The van der Waals surface area contributed by atoms with Gasteiger partial charge in [0.05, 0.1) is 20.3 Å². The molecule has 0 aliphatic heterocycles. The van der Waals surface area contributed by atoms with E-state index in [1.54, 1.807) is 19.2 Å². The minimum Gasteiger partial charge on any atom is -0.497 e. The van der Waals surface area contributed by atoms with Crippen LogP contribution in [0.25, 0.3) is 0 Å². The Morgan fingerprint density at radius 3 is 2.17 bits per heavy atom. The van der Waals surface area contributed by atoms with Crippen molar-refractivity contribution in [1.82, 2.24) is 0 Å². The summed E-state index contributed by atoms with van der Waals surface area (Å²) in [7, 11) is 1.61. The molecule has 5 nitrogen and oxygen atoms in total. The van der Waals surface area contributed by atoms with Gasteiger partial charge in [-0.15, -0.1) is 0 Å². The summed E-state index contributed by atoms with van der Waals surface area (Å²) in [6.45, 7) is 0.856. The Bertz CT molecular complexity index is 878. The minimum absolute atomic E-state index is 0.114. The second-order valence-corrected chi connectivity index (χ2v) is 6.59. The lowest BCUT2D eigenvalue weighted by Gasteiger charge is -2.10. The van der Waals surface area contributed by atoms with Crippen LogP contribution in [0.2, 0.25) is 0 Å². The maximum absolute atomic E-state index is 12.1. The Balaban J connectivity index is 1.36. The number of methoxy groups -OCH3 is 1. The predicted octanol–water partition coefficient (Wildman–Crippen LogP) is 4.76. The Labute approximate surface area is 171 Å². The molecule has 0 radical (unpaired) electrons. The van der Waals surface area contributed by atoms with Gasteiger partial charge in [-0.25, -0.2) is 0 Å². The quantitative estimate of drug-likeness (QED) is 0.490. The van der Waals surface area contributed by atoms with Gasteiger partial charge in [0.15, 0.2) is 0 Å². The number of carbonyl (C=O) groups excluding carboxylic acids is 1. The van der Waals surface area contributed by atoms with Crippen LogP contribution in [-0.2, 0) is 11.2 Å². The van der Waals surface area contributed by atoms with Gasteiger partial charge in [0.2, 0.25) is 5.91 Å². The van der Waals surface area contributed by atoms with Gasteiger partial charge in [0, 0.05) is 11.4 Å².